The SMILES string of the molecule is CC(CNCc1ccn(C2CCCC2)n1)C(C)(C)C. The average Bonchev–Trinajstić information content (AvgIpc) is 2.97. The van der Waals surface area contributed by atoms with Gasteiger partial charge in [-0.15, -0.1) is 0 Å². The highest BCUT2D eigenvalue weighted by molar-refractivity contribution is 5.00. The molecule has 3 nitrogen and oxygen atoms in total. The quantitative estimate of drug-likeness (QED) is 0.876. The van der Waals surface area contributed by atoms with E-state index in [1.807, 2.05) is 0 Å². The van der Waals surface area contributed by atoms with Crippen molar-refractivity contribution in [3.05, 3.63) is 18.0 Å². The Balaban J connectivity index is 1.77. The van der Waals surface area contributed by atoms with Gasteiger partial charge in [0.15, 0.2) is 0 Å². The maximum absolute atomic E-state index is 4.71. The molecule has 0 radical (unpaired) electrons. The monoisotopic (exact) mass is 263 g/mol. The van der Waals surface area contributed by atoms with Crippen LogP contribution in [-0.4, -0.2) is 16.3 Å². The molecular weight excluding hydrogens is 234 g/mol. The molecule has 0 spiro atoms. The Morgan fingerprint density at radius 3 is 2.68 bits per heavy atom. The summed E-state index contributed by atoms with van der Waals surface area (Å²) in [6, 6.07) is 2.81. The van der Waals surface area contributed by atoms with Crippen molar-refractivity contribution < 1.29 is 0 Å². The Morgan fingerprint density at radius 1 is 1.37 bits per heavy atom. The van der Waals surface area contributed by atoms with Crippen molar-refractivity contribution in [1.29, 1.82) is 0 Å². The van der Waals surface area contributed by atoms with Gasteiger partial charge in [0.25, 0.3) is 0 Å². The standard InChI is InChI=1S/C16H29N3/c1-13(16(2,3)4)11-17-12-14-9-10-19(18-14)15-7-5-6-8-15/h9-10,13,15,17H,5-8,11-12H2,1-4H3. The van der Waals surface area contributed by atoms with E-state index in [0.717, 1.165) is 13.1 Å². The first kappa shape index (κ1) is 14.6. The molecule has 3 heteroatoms. The molecule has 1 saturated carbocycles. The van der Waals surface area contributed by atoms with Crippen molar-refractivity contribution in [2.24, 2.45) is 11.3 Å². The van der Waals surface area contributed by atoms with Gasteiger partial charge in [-0.25, -0.2) is 0 Å². The lowest BCUT2D eigenvalue weighted by Crippen LogP contribution is -2.29. The van der Waals surface area contributed by atoms with Gasteiger partial charge in [-0.2, -0.15) is 5.10 Å². The van der Waals surface area contributed by atoms with Gasteiger partial charge in [0, 0.05) is 12.7 Å². The van der Waals surface area contributed by atoms with Gasteiger partial charge in [0.1, 0.15) is 0 Å². The summed E-state index contributed by atoms with van der Waals surface area (Å²) in [5.74, 6) is 0.671. The van der Waals surface area contributed by atoms with Crippen LogP contribution in [0.3, 0.4) is 0 Å². The highest BCUT2D eigenvalue weighted by atomic mass is 15.3. The topological polar surface area (TPSA) is 29.9 Å². The van der Waals surface area contributed by atoms with Crippen LogP contribution in [-0.2, 0) is 6.54 Å². The van der Waals surface area contributed by atoms with Gasteiger partial charge in [0.05, 0.1) is 11.7 Å². The van der Waals surface area contributed by atoms with E-state index in [4.69, 9.17) is 5.10 Å². The van der Waals surface area contributed by atoms with Crippen LogP contribution in [0.2, 0.25) is 0 Å². The lowest BCUT2D eigenvalue weighted by molar-refractivity contribution is 0.252. The molecule has 0 aromatic carbocycles. The predicted molar refractivity (Wildman–Crippen MR) is 80.1 cm³/mol. The first-order valence-electron chi connectivity index (χ1n) is 7.71. The molecule has 1 aliphatic rings. The van der Waals surface area contributed by atoms with Gasteiger partial charge >= 0.3 is 0 Å². The van der Waals surface area contributed by atoms with Crippen LogP contribution < -0.4 is 5.32 Å². The molecule has 1 fully saturated rings. The minimum Gasteiger partial charge on any atom is -0.311 e. The van der Waals surface area contributed by atoms with E-state index in [-0.39, 0.29) is 0 Å². The van der Waals surface area contributed by atoms with Gasteiger partial charge in [0.2, 0.25) is 0 Å². The van der Waals surface area contributed by atoms with Crippen LogP contribution in [0.15, 0.2) is 12.3 Å². The second kappa shape index (κ2) is 6.08. The van der Waals surface area contributed by atoms with E-state index in [2.05, 4.69) is 50.0 Å². The molecule has 0 amide bonds. The van der Waals surface area contributed by atoms with E-state index in [0.29, 0.717) is 17.4 Å². The van der Waals surface area contributed by atoms with Crippen molar-refractivity contribution in [3.8, 4) is 0 Å². The van der Waals surface area contributed by atoms with E-state index in [9.17, 15) is 0 Å². The Hall–Kier alpha value is -0.830. The van der Waals surface area contributed by atoms with Gasteiger partial charge in [-0.05, 0) is 36.8 Å². The number of aromatic nitrogens is 2. The molecule has 2 rings (SSSR count). The minimum absolute atomic E-state index is 0.371. The normalized spacial score (nSPS) is 18.9. The fourth-order valence-corrected chi connectivity index (χ4v) is 2.57. The Morgan fingerprint density at radius 2 is 2.05 bits per heavy atom. The summed E-state index contributed by atoms with van der Waals surface area (Å²) >= 11 is 0. The molecule has 1 aliphatic carbocycles. The van der Waals surface area contributed by atoms with Crippen molar-refractivity contribution in [3.63, 3.8) is 0 Å². The van der Waals surface area contributed by atoms with Crippen LogP contribution in [0.5, 0.6) is 0 Å². The van der Waals surface area contributed by atoms with Crippen LogP contribution in [0.4, 0.5) is 0 Å². The van der Waals surface area contributed by atoms with E-state index < -0.39 is 0 Å². The molecule has 1 heterocycles. The fourth-order valence-electron chi connectivity index (χ4n) is 2.57. The molecule has 0 bridgehead atoms. The maximum Gasteiger partial charge on any atom is 0.0762 e. The van der Waals surface area contributed by atoms with Crippen LogP contribution in [0.1, 0.15) is 65.1 Å². The smallest absolute Gasteiger partial charge is 0.0762 e. The highest BCUT2D eigenvalue weighted by Gasteiger charge is 2.20. The van der Waals surface area contributed by atoms with E-state index in [1.165, 1.54) is 31.4 Å². The van der Waals surface area contributed by atoms with E-state index in [1.54, 1.807) is 0 Å². The average molecular weight is 263 g/mol. The largest absolute Gasteiger partial charge is 0.311 e. The van der Waals surface area contributed by atoms with Crippen molar-refractivity contribution in [2.75, 3.05) is 6.54 Å². The first-order valence-corrected chi connectivity index (χ1v) is 7.71. The molecular formula is C16H29N3. The molecule has 1 aromatic rings. The zero-order chi connectivity index (χ0) is 13.9. The Bertz CT molecular complexity index is 383. The van der Waals surface area contributed by atoms with Crippen LogP contribution in [0.25, 0.3) is 0 Å². The zero-order valence-corrected chi connectivity index (χ0v) is 12.9. The van der Waals surface area contributed by atoms with Gasteiger partial charge < -0.3 is 5.32 Å². The second-order valence-corrected chi connectivity index (χ2v) is 7.12. The number of nitrogens with zero attached hydrogens (tertiary/aromatic N) is 2. The van der Waals surface area contributed by atoms with Crippen molar-refractivity contribution in [1.82, 2.24) is 15.1 Å². The third kappa shape index (κ3) is 4.07. The molecule has 108 valence electrons. The van der Waals surface area contributed by atoms with Gasteiger partial charge in [-0.3, -0.25) is 4.68 Å². The third-order valence-corrected chi connectivity index (χ3v) is 4.60. The summed E-state index contributed by atoms with van der Waals surface area (Å²) in [7, 11) is 0. The molecule has 1 atom stereocenters. The minimum atomic E-state index is 0.371. The summed E-state index contributed by atoms with van der Waals surface area (Å²) in [6.07, 6.45) is 7.48. The molecule has 1 unspecified atom stereocenters. The van der Waals surface area contributed by atoms with Crippen molar-refractivity contribution in [2.45, 2.75) is 66.0 Å². The molecule has 0 aliphatic heterocycles. The van der Waals surface area contributed by atoms with Gasteiger partial charge in [-0.1, -0.05) is 40.5 Å². The maximum atomic E-state index is 4.71. The molecule has 1 aromatic heterocycles. The zero-order valence-electron chi connectivity index (χ0n) is 12.9. The highest BCUT2D eigenvalue weighted by Crippen LogP contribution is 2.28. The Labute approximate surface area is 117 Å². The molecule has 0 saturated heterocycles. The lowest BCUT2D eigenvalue weighted by atomic mass is 9.82. The number of hydrogen-bond acceptors (Lipinski definition) is 2. The van der Waals surface area contributed by atoms with Crippen LogP contribution >= 0.6 is 0 Å². The summed E-state index contributed by atoms with van der Waals surface area (Å²) in [5.41, 5.74) is 1.55. The third-order valence-electron chi connectivity index (χ3n) is 4.60. The second-order valence-electron chi connectivity index (χ2n) is 7.12. The summed E-state index contributed by atoms with van der Waals surface area (Å²) in [6.45, 7) is 11.2. The predicted octanol–water partition coefficient (Wildman–Crippen LogP) is 3.77. The summed E-state index contributed by atoms with van der Waals surface area (Å²) in [4.78, 5) is 0. The lowest BCUT2D eigenvalue weighted by Gasteiger charge is -2.27. The fraction of sp³-hybridized carbons (Fsp3) is 0.812. The molecule has 19 heavy (non-hydrogen) atoms. The molecule has 1 N–H and O–H groups in total. The number of nitrogens with one attached hydrogen (secondary N) is 1. The van der Waals surface area contributed by atoms with Crippen LogP contribution in [0, 0.1) is 11.3 Å². The number of hydrogen-bond donors (Lipinski definition) is 1. The summed E-state index contributed by atoms with van der Waals surface area (Å²) < 4.78 is 2.18. The summed E-state index contributed by atoms with van der Waals surface area (Å²) in [5, 5.41) is 8.24. The first-order chi connectivity index (χ1) is 8.97. The Kier molecular flexibility index (Phi) is 4.67. The van der Waals surface area contributed by atoms with Crippen molar-refractivity contribution >= 4 is 0 Å². The van der Waals surface area contributed by atoms with E-state index >= 15 is 0 Å². The number of rotatable bonds is 5.